The van der Waals surface area contributed by atoms with Crippen molar-refractivity contribution < 1.29 is 33.5 Å². The fourth-order valence-corrected chi connectivity index (χ4v) is 4.52. The summed E-state index contributed by atoms with van der Waals surface area (Å²) in [6, 6.07) is 0. The summed E-state index contributed by atoms with van der Waals surface area (Å²) in [5.74, 6) is -0.158. The smallest absolute Gasteiger partial charge is 0.340 e. The Kier molecular flexibility index (Phi) is 9.51. The molecule has 23 heavy (non-hydrogen) atoms. The first-order chi connectivity index (χ1) is 10.3. The number of amides is 1. The third-order valence-corrected chi connectivity index (χ3v) is 7.12. The number of allylic oxidation sites excluding steroid dienone is 2. The van der Waals surface area contributed by atoms with Crippen LogP contribution >= 0.6 is 15.2 Å². The standard InChI is InChI=1S/C13H27NO7P2/c1-10(2)5-4-6-11(3)9-12(15)14-8-7-13(22(16,17)18)23(19,20)21/h5,11,13H,4,6-9H2,1-3H3,(H,14,15)(H2,16,17,18)(H2,19,20,21)/t11-/m1/s1. The minimum Gasteiger partial charge on any atom is -0.356 e. The zero-order valence-electron chi connectivity index (χ0n) is 13.7. The topological polar surface area (TPSA) is 144 Å². The number of hydrogen-bond acceptors (Lipinski definition) is 3. The quantitative estimate of drug-likeness (QED) is 0.291. The van der Waals surface area contributed by atoms with Crippen molar-refractivity contribution in [3.63, 3.8) is 0 Å². The van der Waals surface area contributed by atoms with E-state index in [1.165, 1.54) is 5.57 Å². The van der Waals surface area contributed by atoms with Crippen molar-refractivity contribution in [2.75, 3.05) is 6.54 Å². The summed E-state index contributed by atoms with van der Waals surface area (Å²) in [7, 11) is -9.86. The summed E-state index contributed by atoms with van der Waals surface area (Å²) in [5.41, 5.74) is 1.21. The normalized spacial score (nSPS) is 13.7. The first-order valence-corrected chi connectivity index (χ1v) is 10.7. The van der Waals surface area contributed by atoms with Crippen LogP contribution in [0.4, 0.5) is 0 Å². The summed E-state index contributed by atoms with van der Waals surface area (Å²) in [6.45, 7) is 5.72. The van der Waals surface area contributed by atoms with Gasteiger partial charge in [0.05, 0.1) is 0 Å². The van der Waals surface area contributed by atoms with Crippen molar-refractivity contribution in [2.45, 2.75) is 51.9 Å². The monoisotopic (exact) mass is 371 g/mol. The third-order valence-electron chi connectivity index (χ3n) is 3.25. The van der Waals surface area contributed by atoms with Gasteiger partial charge in [0.25, 0.3) is 0 Å². The van der Waals surface area contributed by atoms with Gasteiger partial charge in [-0.1, -0.05) is 18.6 Å². The zero-order chi connectivity index (χ0) is 18.3. The van der Waals surface area contributed by atoms with Crippen LogP contribution in [-0.2, 0) is 13.9 Å². The van der Waals surface area contributed by atoms with Gasteiger partial charge in [-0.15, -0.1) is 0 Å². The van der Waals surface area contributed by atoms with E-state index < -0.39 is 27.0 Å². The van der Waals surface area contributed by atoms with Gasteiger partial charge in [-0.3, -0.25) is 13.9 Å². The van der Waals surface area contributed by atoms with Crippen molar-refractivity contribution >= 4 is 21.1 Å². The van der Waals surface area contributed by atoms with Crippen LogP contribution in [0.3, 0.4) is 0 Å². The van der Waals surface area contributed by atoms with E-state index in [4.69, 9.17) is 19.6 Å². The molecule has 0 bridgehead atoms. The largest absolute Gasteiger partial charge is 0.356 e. The molecule has 1 amide bonds. The molecule has 0 aliphatic heterocycles. The van der Waals surface area contributed by atoms with E-state index in [1.54, 1.807) is 0 Å². The van der Waals surface area contributed by atoms with Crippen LogP contribution in [-0.4, -0.2) is 37.4 Å². The molecule has 0 aromatic rings. The minimum atomic E-state index is -4.93. The van der Waals surface area contributed by atoms with Gasteiger partial charge in [-0.25, -0.2) is 0 Å². The number of carbonyl (C=O) groups excluding carboxylic acids is 1. The lowest BCUT2D eigenvalue weighted by Crippen LogP contribution is -2.28. The van der Waals surface area contributed by atoms with E-state index >= 15 is 0 Å². The van der Waals surface area contributed by atoms with Crippen molar-refractivity contribution in [3.8, 4) is 0 Å². The predicted octanol–water partition coefficient (Wildman–Crippen LogP) is 1.95. The van der Waals surface area contributed by atoms with Crippen LogP contribution in [0.25, 0.3) is 0 Å². The highest BCUT2D eigenvalue weighted by Crippen LogP contribution is 2.61. The van der Waals surface area contributed by atoms with Gasteiger partial charge >= 0.3 is 15.2 Å². The number of carbonyl (C=O) groups is 1. The van der Waals surface area contributed by atoms with Gasteiger partial charge < -0.3 is 24.9 Å². The second-order valence-electron chi connectivity index (χ2n) is 5.97. The van der Waals surface area contributed by atoms with E-state index in [9.17, 15) is 13.9 Å². The fourth-order valence-electron chi connectivity index (χ4n) is 2.02. The van der Waals surface area contributed by atoms with Crippen molar-refractivity contribution in [1.29, 1.82) is 0 Å². The molecule has 0 aromatic heterocycles. The van der Waals surface area contributed by atoms with Gasteiger partial charge in [0.1, 0.15) is 0 Å². The number of hydrogen-bond donors (Lipinski definition) is 5. The number of rotatable bonds is 10. The van der Waals surface area contributed by atoms with Gasteiger partial charge in [0.2, 0.25) is 5.91 Å². The molecule has 0 saturated heterocycles. The summed E-state index contributed by atoms with van der Waals surface area (Å²) < 4.78 is 22.2. The van der Waals surface area contributed by atoms with E-state index in [-0.39, 0.29) is 24.8 Å². The second kappa shape index (κ2) is 9.72. The molecule has 0 aliphatic carbocycles. The van der Waals surface area contributed by atoms with E-state index in [0.29, 0.717) is 0 Å². The first kappa shape index (κ1) is 22.5. The van der Waals surface area contributed by atoms with Crippen molar-refractivity contribution in [2.24, 2.45) is 5.92 Å². The molecule has 0 radical (unpaired) electrons. The molecule has 0 rings (SSSR count). The molecule has 10 heteroatoms. The molecule has 0 fully saturated rings. The molecular formula is C13H27NO7P2. The molecule has 0 heterocycles. The highest BCUT2D eigenvalue weighted by Gasteiger charge is 2.42. The van der Waals surface area contributed by atoms with Crippen LogP contribution in [0.2, 0.25) is 0 Å². The summed E-state index contributed by atoms with van der Waals surface area (Å²) >= 11 is 0. The molecule has 0 spiro atoms. The first-order valence-electron chi connectivity index (χ1n) is 7.34. The SMILES string of the molecule is CC(C)=CCC[C@@H](C)CC(=O)NCCC(P(=O)(O)O)P(=O)(O)O. The Bertz CT molecular complexity index is 482. The molecule has 136 valence electrons. The minimum absolute atomic E-state index is 0.143. The Hall–Kier alpha value is -0.490. The van der Waals surface area contributed by atoms with Crippen LogP contribution < -0.4 is 5.32 Å². The van der Waals surface area contributed by atoms with E-state index in [2.05, 4.69) is 11.4 Å². The van der Waals surface area contributed by atoms with Crippen molar-refractivity contribution in [3.05, 3.63) is 11.6 Å². The molecular weight excluding hydrogens is 344 g/mol. The average molecular weight is 371 g/mol. The van der Waals surface area contributed by atoms with Crippen LogP contribution in [0.15, 0.2) is 11.6 Å². The summed E-state index contributed by atoms with van der Waals surface area (Å²) in [6.07, 6.45) is 3.57. The molecule has 0 saturated carbocycles. The summed E-state index contributed by atoms with van der Waals surface area (Å²) in [5, 5.41) is 0.368. The van der Waals surface area contributed by atoms with Gasteiger partial charge in [0.15, 0.2) is 5.40 Å². The maximum atomic E-state index is 11.7. The number of nitrogens with one attached hydrogen (secondary N) is 1. The van der Waals surface area contributed by atoms with E-state index in [0.717, 1.165) is 12.8 Å². The molecule has 0 aliphatic rings. The van der Waals surface area contributed by atoms with Gasteiger partial charge in [-0.2, -0.15) is 0 Å². The molecule has 0 aromatic carbocycles. The maximum absolute atomic E-state index is 11.7. The molecule has 8 nitrogen and oxygen atoms in total. The van der Waals surface area contributed by atoms with Crippen LogP contribution in [0.5, 0.6) is 0 Å². The Morgan fingerprint density at radius 1 is 1.09 bits per heavy atom. The zero-order valence-corrected chi connectivity index (χ0v) is 15.5. The lowest BCUT2D eigenvalue weighted by molar-refractivity contribution is -0.121. The average Bonchev–Trinajstić information content (AvgIpc) is 2.30. The van der Waals surface area contributed by atoms with E-state index in [1.807, 2.05) is 20.8 Å². The lowest BCUT2D eigenvalue weighted by Gasteiger charge is -2.19. The molecule has 0 unspecified atom stereocenters. The van der Waals surface area contributed by atoms with Crippen LogP contribution in [0, 0.1) is 5.92 Å². The predicted molar refractivity (Wildman–Crippen MR) is 87.9 cm³/mol. The fraction of sp³-hybridized carbons (Fsp3) is 0.769. The summed E-state index contributed by atoms with van der Waals surface area (Å²) in [4.78, 5) is 47.6. The van der Waals surface area contributed by atoms with Gasteiger partial charge in [-0.05, 0) is 39.0 Å². The Balaban J connectivity index is 4.26. The van der Waals surface area contributed by atoms with Crippen molar-refractivity contribution in [1.82, 2.24) is 5.32 Å². The Labute approximate surface area is 136 Å². The molecule has 1 atom stereocenters. The highest BCUT2D eigenvalue weighted by molar-refractivity contribution is 7.70. The Morgan fingerprint density at radius 2 is 1.61 bits per heavy atom. The van der Waals surface area contributed by atoms with Crippen LogP contribution in [0.1, 0.15) is 46.5 Å². The Morgan fingerprint density at radius 3 is 2.04 bits per heavy atom. The lowest BCUT2D eigenvalue weighted by atomic mass is 10.0. The molecule has 5 N–H and O–H groups in total. The highest BCUT2D eigenvalue weighted by atomic mass is 31.2. The van der Waals surface area contributed by atoms with Gasteiger partial charge in [0, 0.05) is 13.0 Å². The second-order valence-corrected chi connectivity index (χ2v) is 9.98. The maximum Gasteiger partial charge on any atom is 0.340 e. The third kappa shape index (κ3) is 10.8.